The van der Waals surface area contributed by atoms with E-state index in [1.54, 1.807) is 0 Å². The summed E-state index contributed by atoms with van der Waals surface area (Å²) < 4.78 is 0. The van der Waals surface area contributed by atoms with Crippen LogP contribution in [0.5, 0.6) is 0 Å². The maximum absolute atomic E-state index is 3.15. The van der Waals surface area contributed by atoms with Crippen molar-refractivity contribution >= 4 is 86.5 Å². The Hall–Kier alpha value is -8.71. The van der Waals surface area contributed by atoms with Crippen LogP contribution < -0.4 is 62.2 Å². The summed E-state index contributed by atoms with van der Waals surface area (Å²) in [6.07, 6.45) is 1.77. The van der Waals surface area contributed by atoms with Crippen molar-refractivity contribution in [1.29, 1.82) is 0 Å². The Bertz CT molecular complexity index is 3700. The van der Waals surface area contributed by atoms with Gasteiger partial charge in [0.15, 0.2) is 24.2 Å². The molecule has 2 aliphatic rings. The Morgan fingerprint density at radius 1 is 0.215 bits per heavy atom. The number of benzene rings is 12. The summed E-state index contributed by atoms with van der Waals surface area (Å²) in [7, 11) is -8.75. The number of aryl methyl sites for hydroxylation is 2. The van der Waals surface area contributed by atoms with E-state index >= 15 is 0 Å². The first-order valence-electron chi connectivity index (χ1n) is 28.0. The summed E-state index contributed by atoms with van der Waals surface area (Å²) in [5.41, 5.74) is 13.9. The van der Waals surface area contributed by atoms with Crippen molar-refractivity contribution in [2.45, 2.75) is 26.7 Å². The maximum Gasteiger partial charge on any atom is 0.180 e. The first-order valence-corrected chi connectivity index (χ1v) is 34.0. The molecule has 14 rings (SSSR count). The second-order valence-electron chi connectivity index (χ2n) is 22.0. The maximum atomic E-state index is 2.63. The molecule has 2 aliphatic carbocycles. The van der Waals surface area contributed by atoms with Gasteiger partial charge in [-0.25, -0.2) is 0 Å². The van der Waals surface area contributed by atoms with Crippen molar-refractivity contribution < 1.29 is 0 Å². The van der Waals surface area contributed by atoms with Crippen LogP contribution in [0.2, 0.25) is 0 Å². The van der Waals surface area contributed by atoms with Gasteiger partial charge in [0.25, 0.3) is 0 Å². The predicted octanol–water partition coefficient (Wildman–Crippen LogP) is 9.58. The Morgan fingerprint density at radius 2 is 0.456 bits per heavy atom. The van der Waals surface area contributed by atoms with Crippen LogP contribution in [-0.2, 0) is 12.8 Å². The van der Waals surface area contributed by atoms with Crippen molar-refractivity contribution in [3.8, 4) is 22.3 Å². The molecule has 0 atom stereocenters. The Balaban J connectivity index is 1.02. The molecule has 0 saturated carbocycles. The van der Waals surface area contributed by atoms with Crippen molar-refractivity contribution in [3.05, 3.63) is 337 Å². The minimum atomic E-state index is -3.15. The molecular formula is C76H60Si3. The molecule has 12 aromatic carbocycles. The Kier molecular flexibility index (Phi) is 12.3. The van der Waals surface area contributed by atoms with E-state index in [2.05, 4.69) is 317 Å². The van der Waals surface area contributed by atoms with Gasteiger partial charge in [-0.3, -0.25) is 0 Å². The molecule has 0 saturated heterocycles. The van der Waals surface area contributed by atoms with E-state index in [9.17, 15) is 0 Å². The van der Waals surface area contributed by atoms with E-state index in [0.29, 0.717) is 0 Å². The van der Waals surface area contributed by atoms with Gasteiger partial charge in [0.05, 0.1) is 0 Å². The second kappa shape index (κ2) is 19.9. The molecule has 0 spiro atoms. The smallest absolute Gasteiger partial charge is 0.0623 e. The summed E-state index contributed by atoms with van der Waals surface area (Å²) in [4.78, 5) is 0. The normalized spacial score (nSPS) is 12.6. The van der Waals surface area contributed by atoms with Crippen LogP contribution in [0.3, 0.4) is 0 Å². The fourth-order valence-electron chi connectivity index (χ4n) is 14.4. The topological polar surface area (TPSA) is 0 Å². The van der Waals surface area contributed by atoms with Crippen LogP contribution in [0.1, 0.15) is 33.4 Å². The summed E-state index contributed by atoms with van der Waals surface area (Å²) in [5.74, 6) is 0. The average Bonchev–Trinajstić information content (AvgIpc) is 4.03. The number of fused-ring (bicyclic) bond motifs is 6. The molecule has 376 valence electrons. The zero-order valence-electron chi connectivity index (χ0n) is 44.8. The van der Waals surface area contributed by atoms with Crippen LogP contribution in [0, 0.1) is 13.8 Å². The SMILES string of the molecule is Cc1cc2c(c([Si](c3ccccc3)(c3ccccc3)c3cc(C)cc4c3Cc3ccc([Si](c5ccccc5)(c5ccccc5)c5ccccc5)cc3-4)c1)Cc1ccc([Si](c3ccccc3)(c3ccccc3)c3ccccc3)cc1-2. The van der Waals surface area contributed by atoms with Gasteiger partial charge in [-0.05, 0) is 133 Å². The van der Waals surface area contributed by atoms with Gasteiger partial charge in [0, 0.05) is 0 Å². The molecule has 0 heterocycles. The van der Waals surface area contributed by atoms with E-state index in [1.165, 1.54) is 118 Å². The minimum Gasteiger partial charge on any atom is -0.0623 e. The van der Waals surface area contributed by atoms with Crippen LogP contribution in [-0.4, -0.2) is 24.2 Å². The lowest BCUT2D eigenvalue weighted by Gasteiger charge is -2.38. The average molecular weight is 1060 g/mol. The highest BCUT2D eigenvalue weighted by Gasteiger charge is 2.49. The third-order valence-corrected chi connectivity index (χ3v) is 32.1. The van der Waals surface area contributed by atoms with E-state index in [-0.39, 0.29) is 0 Å². The molecule has 0 radical (unpaired) electrons. The first kappa shape index (κ1) is 48.6. The van der Waals surface area contributed by atoms with Crippen molar-refractivity contribution in [2.75, 3.05) is 0 Å². The van der Waals surface area contributed by atoms with E-state index in [0.717, 1.165) is 12.8 Å². The zero-order chi connectivity index (χ0) is 53.0. The predicted molar refractivity (Wildman–Crippen MR) is 343 cm³/mol. The standard InChI is InChI=1S/C76H60Si3/c1-55-47-71-69-53-67(77(59-27-11-3-12-28-59,60-29-13-4-14-30-60)61-31-15-5-16-32-61)45-43-57(69)51-73(71)75(49-55)79(65-39-23-9-24-40-65,66-41-25-10-26-42-66)76-50-56(2)48-72-70-54-68(46-44-58(70)52-74(72)76)78(62-33-17-6-18-34-62,63-35-19-7-20-36-63)64-37-21-8-22-38-64/h3-50,53-54H,51-52H2,1-2H3. The summed E-state index contributed by atoms with van der Waals surface area (Å²) in [5, 5.41) is 17.0. The molecule has 79 heavy (non-hydrogen) atoms. The third kappa shape index (κ3) is 7.74. The molecule has 0 amide bonds. The molecule has 0 nitrogen and oxygen atoms in total. The number of rotatable bonds is 12. The van der Waals surface area contributed by atoms with Gasteiger partial charge in [-0.1, -0.05) is 314 Å². The molecule has 0 fully saturated rings. The lowest BCUT2D eigenvalue weighted by atomic mass is 10.0. The van der Waals surface area contributed by atoms with Gasteiger partial charge >= 0.3 is 0 Å². The zero-order valence-corrected chi connectivity index (χ0v) is 47.8. The van der Waals surface area contributed by atoms with Gasteiger partial charge in [0.1, 0.15) is 0 Å². The molecular weight excluding hydrogens is 997 g/mol. The largest absolute Gasteiger partial charge is 0.180 e. The molecule has 0 unspecified atom stereocenters. The van der Waals surface area contributed by atoms with Crippen LogP contribution in [0.15, 0.2) is 303 Å². The third-order valence-electron chi connectivity index (χ3n) is 17.7. The fraction of sp³-hybridized carbons (Fsp3) is 0.0526. The molecule has 0 N–H and O–H groups in total. The minimum absolute atomic E-state index is 0.883. The lowest BCUT2D eigenvalue weighted by Crippen LogP contribution is -2.76. The van der Waals surface area contributed by atoms with Gasteiger partial charge in [-0.2, -0.15) is 0 Å². The highest BCUT2D eigenvalue weighted by molar-refractivity contribution is 7.21. The van der Waals surface area contributed by atoms with Crippen molar-refractivity contribution in [3.63, 3.8) is 0 Å². The number of hydrogen-bond donors (Lipinski definition) is 0. The first-order chi connectivity index (χ1) is 39.0. The highest BCUT2D eigenvalue weighted by Crippen LogP contribution is 2.40. The summed E-state index contributed by atoms with van der Waals surface area (Å²) >= 11 is 0. The molecule has 12 aromatic rings. The molecule has 0 aliphatic heterocycles. The quantitative estimate of drug-likeness (QED) is 0.0846. The second-order valence-corrected chi connectivity index (χ2v) is 33.3. The van der Waals surface area contributed by atoms with Gasteiger partial charge in [-0.15, -0.1) is 0 Å². The van der Waals surface area contributed by atoms with Crippen LogP contribution >= 0.6 is 0 Å². The molecule has 3 heteroatoms. The van der Waals surface area contributed by atoms with Gasteiger partial charge < -0.3 is 0 Å². The molecule has 0 aromatic heterocycles. The van der Waals surface area contributed by atoms with Crippen LogP contribution in [0.4, 0.5) is 0 Å². The van der Waals surface area contributed by atoms with E-state index < -0.39 is 24.2 Å². The van der Waals surface area contributed by atoms with E-state index in [4.69, 9.17) is 0 Å². The lowest BCUT2D eigenvalue weighted by molar-refractivity contribution is 1.26. The number of hydrogen-bond acceptors (Lipinski definition) is 0. The highest BCUT2D eigenvalue weighted by atomic mass is 28.3. The van der Waals surface area contributed by atoms with E-state index in [1.807, 2.05) is 0 Å². The van der Waals surface area contributed by atoms with Crippen molar-refractivity contribution in [2.24, 2.45) is 0 Å². The summed E-state index contributed by atoms with van der Waals surface area (Å²) in [6, 6.07) is 117. The van der Waals surface area contributed by atoms with Crippen LogP contribution in [0.25, 0.3) is 22.3 Å². The van der Waals surface area contributed by atoms with Crippen molar-refractivity contribution in [1.82, 2.24) is 0 Å². The Labute approximate surface area is 469 Å². The van der Waals surface area contributed by atoms with Gasteiger partial charge in [0.2, 0.25) is 0 Å². The Morgan fingerprint density at radius 3 is 0.709 bits per heavy atom. The monoisotopic (exact) mass is 1060 g/mol. The molecule has 0 bridgehead atoms. The fourth-order valence-corrected chi connectivity index (χ4v) is 29.4. The summed E-state index contributed by atoms with van der Waals surface area (Å²) in [6.45, 7) is 4.69.